The topological polar surface area (TPSA) is 46.5 Å². The van der Waals surface area contributed by atoms with Crippen LogP contribution in [0.15, 0.2) is 42.5 Å². The predicted molar refractivity (Wildman–Crippen MR) is 63.4 cm³/mol. The highest BCUT2D eigenvalue weighted by Crippen LogP contribution is 2.15. The first-order valence-corrected chi connectivity index (χ1v) is 4.86. The smallest absolute Gasteiger partial charge is 0.328 e. The Bertz CT molecular complexity index is 419. The minimum atomic E-state index is -0.965. The van der Waals surface area contributed by atoms with Gasteiger partial charge >= 0.3 is 5.97 Å². The molecule has 1 N–H and O–H groups in total. The Morgan fingerprint density at radius 3 is 2.94 bits per heavy atom. The Hall–Kier alpha value is -2.03. The Kier molecular flexibility index (Phi) is 4.33. The minimum Gasteiger partial charge on any atom is -0.489 e. The minimum absolute atomic E-state index is 0.464. The molecule has 0 atom stereocenters. The van der Waals surface area contributed by atoms with Gasteiger partial charge in [-0.25, -0.2) is 4.79 Å². The number of carbonyl (C=O) groups is 1. The van der Waals surface area contributed by atoms with E-state index in [-0.39, 0.29) is 0 Å². The molecule has 1 aromatic rings. The third-order valence-corrected chi connectivity index (χ3v) is 1.76. The second kappa shape index (κ2) is 5.75. The molecule has 0 aliphatic heterocycles. The molecular formula is C13H14O3. The summed E-state index contributed by atoms with van der Waals surface area (Å²) in [5.74, 6) is -0.260. The highest BCUT2D eigenvalue weighted by Gasteiger charge is 1.95. The van der Waals surface area contributed by atoms with Crippen LogP contribution in [-0.2, 0) is 4.79 Å². The van der Waals surface area contributed by atoms with Gasteiger partial charge < -0.3 is 9.84 Å². The lowest BCUT2D eigenvalue weighted by atomic mass is 10.2. The second-order valence-electron chi connectivity index (χ2n) is 3.49. The van der Waals surface area contributed by atoms with Crippen LogP contribution in [0.25, 0.3) is 6.08 Å². The van der Waals surface area contributed by atoms with Crippen LogP contribution in [0.2, 0.25) is 0 Å². The fraction of sp³-hybridized carbons (Fsp3) is 0.154. The van der Waals surface area contributed by atoms with Crippen molar-refractivity contribution in [1.82, 2.24) is 0 Å². The summed E-state index contributed by atoms with van der Waals surface area (Å²) in [5, 5.41) is 8.49. The van der Waals surface area contributed by atoms with E-state index in [2.05, 4.69) is 6.58 Å². The van der Waals surface area contributed by atoms with Crippen molar-refractivity contribution in [1.29, 1.82) is 0 Å². The van der Waals surface area contributed by atoms with Gasteiger partial charge in [-0.1, -0.05) is 18.7 Å². The number of aliphatic carboxylic acids is 1. The van der Waals surface area contributed by atoms with Gasteiger partial charge in [0.2, 0.25) is 0 Å². The molecule has 3 heteroatoms. The van der Waals surface area contributed by atoms with Gasteiger partial charge in [-0.05, 0) is 36.3 Å². The highest BCUT2D eigenvalue weighted by atomic mass is 16.5. The summed E-state index contributed by atoms with van der Waals surface area (Å²) in [6.07, 6.45) is 2.62. The van der Waals surface area contributed by atoms with Crippen LogP contribution in [-0.4, -0.2) is 17.7 Å². The fourth-order valence-electron chi connectivity index (χ4n) is 1.08. The summed E-state index contributed by atoms with van der Waals surface area (Å²) in [6, 6.07) is 7.23. The van der Waals surface area contributed by atoms with Crippen molar-refractivity contribution in [3.63, 3.8) is 0 Å². The summed E-state index contributed by atoms with van der Waals surface area (Å²) in [4.78, 5) is 10.3. The van der Waals surface area contributed by atoms with Crippen LogP contribution in [0, 0.1) is 0 Å². The van der Waals surface area contributed by atoms with Crippen molar-refractivity contribution >= 4 is 12.0 Å². The molecule has 0 heterocycles. The van der Waals surface area contributed by atoms with Gasteiger partial charge in [0.1, 0.15) is 12.4 Å². The van der Waals surface area contributed by atoms with E-state index >= 15 is 0 Å². The molecule has 0 aliphatic rings. The number of rotatable bonds is 5. The van der Waals surface area contributed by atoms with Crippen molar-refractivity contribution in [2.75, 3.05) is 6.61 Å². The zero-order valence-corrected chi connectivity index (χ0v) is 9.14. The number of hydrogen-bond acceptors (Lipinski definition) is 2. The van der Waals surface area contributed by atoms with Gasteiger partial charge in [0.25, 0.3) is 0 Å². The molecule has 0 bridgehead atoms. The van der Waals surface area contributed by atoms with E-state index in [4.69, 9.17) is 9.84 Å². The maximum atomic E-state index is 10.3. The quantitative estimate of drug-likeness (QED) is 0.610. The SMILES string of the molecule is C=C(C)COc1cccc(/C=C/C(=O)O)c1. The van der Waals surface area contributed by atoms with Crippen molar-refractivity contribution < 1.29 is 14.6 Å². The third kappa shape index (κ3) is 4.46. The molecule has 3 nitrogen and oxygen atoms in total. The first kappa shape index (κ1) is 12.0. The van der Waals surface area contributed by atoms with Crippen molar-refractivity contribution in [3.05, 3.63) is 48.1 Å². The number of hydrogen-bond donors (Lipinski definition) is 1. The number of ether oxygens (including phenoxy) is 1. The largest absolute Gasteiger partial charge is 0.489 e. The Labute approximate surface area is 94.7 Å². The number of benzene rings is 1. The lowest BCUT2D eigenvalue weighted by molar-refractivity contribution is -0.131. The number of carboxylic acids is 1. The van der Waals surface area contributed by atoms with Crippen molar-refractivity contribution in [3.8, 4) is 5.75 Å². The molecule has 0 radical (unpaired) electrons. The average molecular weight is 218 g/mol. The molecule has 0 aliphatic carbocycles. The molecule has 0 aromatic heterocycles. The molecule has 0 unspecified atom stereocenters. The monoisotopic (exact) mass is 218 g/mol. The van der Waals surface area contributed by atoms with E-state index in [1.165, 1.54) is 6.08 Å². The zero-order chi connectivity index (χ0) is 12.0. The zero-order valence-electron chi connectivity index (χ0n) is 9.14. The van der Waals surface area contributed by atoms with Gasteiger partial charge in [0.05, 0.1) is 0 Å². The fourth-order valence-corrected chi connectivity index (χ4v) is 1.08. The first-order chi connectivity index (χ1) is 7.58. The molecule has 0 saturated carbocycles. The van der Waals surface area contributed by atoms with Crippen LogP contribution >= 0.6 is 0 Å². The maximum Gasteiger partial charge on any atom is 0.328 e. The normalized spacial score (nSPS) is 10.3. The number of carboxylic acid groups (broad SMARTS) is 1. The molecule has 0 amide bonds. The van der Waals surface area contributed by atoms with Crippen molar-refractivity contribution in [2.45, 2.75) is 6.92 Å². The summed E-state index contributed by atoms with van der Waals surface area (Å²) in [5.41, 5.74) is 1.73. The Balaban J connectivity index is 2.71. The molecular weight excluding hydrogens is 204 g/mol. The molecule has 84 valence electrons. The van der Waals surface area contributed by atoms with Crippen LogP contribution in [0.4, 0.5) is 0 Å². The van der Waals surface area contributed by atoms with Gasteiger partial charge in [-0.3, -0.25) is 0 Å². The predicted octanol–water partition coefficient (Wildman–Crippen LogP) is 2.74. The summed E-state index contributed by atoms with van der Waals surface area (Å²) >= 11 is 0. The summed E-state index contributed by atoms with van der Waals surface area (Å²) in [7, 11) is 0. The second-order valence-corrected chi connectivity index (χ2v) is 3.49. The lowest BCUT2D eigenvalue weighted by Gasteiger charge is -2.05. The first-order valence-electron chi connectivity index (χ1n) is 4.86. The van der Waals surface area contributed by atoms with Crippen molar-refractivity contribution in [2.24, 2.45) is 0 Å². The van der Waals surface area contributed by atoms with Crippen LogP contribution in [0.3, 0.4) is 0 Å². The summed E-state index contributed by atoms with van der Waals surface area (Å²) < 4.78 is 5.43. The molecule has 16 heavy (non-hydrogen) atoms. The molecule has 1 rings (SSSR count). The van der Waals surface area contributed by atoms with Gasteiger partial charge in [0, 0.05) is 6.08 Å². The maximum absolute atomic E-state index is 10.3. The highest BCUT2D eigenvalue weighted by molar-refractivity contribution is 5.85. The Morgan fingerprint density at radius 1 is 1.56 bits per heavy atom. The van der Waals surface area contributed by atoms with E-state index < -0.39 is 5.97 Å². The van der Waals surface area contributed by atoms with Gasteiger partial charge in [-0.2, -0.15) is 0 Å². The van der Waals surface area contributed by atoms with Gasteiger partial charge in [0.15, 0.2) is 0 Å². The standard InChI is InChI=1S/C13H14O3/c1-10(2)9-16-12-5-3-4-11(8-12)6-7-13(14)15/h3-8H,1,9H2,2H3,(H,14,15)/b7-6+. The molecule has 0 fully saturated rings. The summed E-state index contributed by atoms with van der Waals surface area (Å²) in [6.45, 7) is 6.08. The van der Waals surface area contributed by atoms with Crippen LogP contribution in [0.1, 0.15) is 12.5 Å². The van der Waals surface area contributed by atoms with E-state index in [9.17, 15) is 4.79 Å². The Morgan fingerprint density at radius 2 is 2.31 bits per heavy atom. The van der Waals surface area contributed by atoms with E-state index in [0.717, 1.165) is 17.2 Å². The van der Waals surface area contributed by atoms with E-state index in [1.807, 2.05) is 25.1 Å². The van der Waals surface area contributed by atoms with Crippen LogP contribution in [0.5, 0.6) is 5.75 Å². The van der Waals surface area contributed by atoms with Gasteiger partial charge in [-0.15, -0.1) is 0 Å². The van der Waals surface area contributed by atoms with Crippen LogP contribution < -0.4 is 4.74 Å². The molecule has 0 saturated heterocycles. The average Bonchev–Trinajstić information content (AvgIpc) is 2.24. The van der Waals surface area contributed by atoms with E-state index in [0.29, 0.717) is 12.4 Å². The molecule has 1 aromatic carbocycles. The lowest BCUT2D eigenvalue weighted by Crippen LogP contribution is -1.97. The van der Waals surface area contributed by atoms with E-state index in [1.54, 1.807) is 6.07 Å². The third-order valence-electron chi connectivity index (χ3n) is 1.76. The molecule has 0 spiro atoms.